The van der Waals surface area contributed by atoms with E-state index in [9.17, 15) is 9.18 Å². The van der Waals surface area contributed by atoms with E-state index in [1.165, 1.54) is 31.6 Å². The lowest BCUT2D eigenvalue weighted by Crippen LogP contribution is -2.05. The van der Waals surface area contributed by atoms with E-state index >= 15 is 0 Å². The monoisotopic (exact) mass is 225 g/mol. The maximum absolute atomic E-state index is 13.3. The molecule has 0 aliphatic rings. The predicted octanol–water partition coefficient (Wildman–Crippen LogP) is 2.01. The Hall–Kier alpha value is -1.91. The highest BCUT2D eigenvalue weighted by Crippen LogP contribution is 2.09. The van der Waals surface area contributed by atoms with Gasteiger partial charge >= 0.3 is 5.97 Å². The van der Waals surface area contributed by atoms with Crippen LogP contribution in [0.1, 0.15) is 23.0 Å². The second-order valence-electron chi connectivity index (χ2n) is 2.83. The molecule has 5 heteroatoms. The number of aromatic nitrogens is 1. The number of hydrogen-bond donors (Lipinski definition) is 0. The molecule has 0 atom stereocenters. The van der Waals surface area contributed by atoms with E-state index < -0.39 is 11.9 Å². The van der Waals surface area contributed by atoms with E-state index in [4.69, 9.17) is 4.74 Å². The first-order chi connectivity index (χ1) is 7.69. The number of pyridine rings is 1. The smallest absolute Gasteiger partial charge is 0.356 e. The van der Waals surface area contributed by atoms with Crippen LogP contribution in [0.2, 0.25) is 0 Å². The first kappa shape index (κ1) is 12.2. The molecule has 0 unspecified atom stereocenters. The van der Waals surface area contributed by atoms with Gasteiger partial charge in [0.2, 0.25) is 5.95 Å². The zero-order chi connectivity index (χ0) is 12.0. The van der Waals surface area contributed by atoms with Gasteiger partial charge in [-0.2, -0.15) is 4.39 Å². The number of esters is 1. The molecule has 0 N–H and O–H groups in total. The zero-order valence-electron chi connectivity index (χ0n) is 9.07. The van der Waals surface area contributed by atoms with Crippen LogP contribution in [0.5, 0.6) is 0 Å². The number of nitrogens with zero attached hydrogens (tertiary/aromatic N) is 1. The molecule has 0 aliphatic heterocycles. The summed E-state index contributed by atoms with van der Waals surface area (Å²) in [7, 11) is 1.21. The first-order valence-electron chi connectivity index (χ1n) is 4.72. The molecule has 1 aromatic rings. The van der Waals surface area contributed by atoms with Crippen LogP contribution in [0.15, 0.2) is 18.4 Å². The summed E-state index contributed by atoms with van der Waals surface area (Å²) in [5.41, 5.74) is 0.190. The van der Waals surface area contributed by atoms with E-state index in [2.05, 4.69) is 9.72 Å². The summed E-state index contributed by atoms with van der Waals surface area (Å²) in [5.74, 6) is -1.40. The maximum atomic E-state index is 13.3. The minimum absolute atomic E-state index is 0.0615. The molecule has 0 saturated carbocycles. The summed E-state index contributed by atoms with van der Waals surface area (Å²) in [6, 6.07) is 2.82. The molecular weight excluding hydrogens is 213 g/mol. The van der Waals surface area contributed by atoms with Crippen LogP contribution in [0.25, 0.3) is 6.08 Å². The van der Waals surface area contributed by atoms with Crippen molar-refractivity contribution in [2.75, 3.05) is 13.7 Å². The van der Waals surface area contributed by atoms with Crippen molar-refractivity contribution in [2.24, 2.45) is 0 Å². The average Bonchev–Trinajstić information content (AvgIpc) is 2.30. The molecule has 0 fully saturated rings. The van der Waals surface area contributed by atoms with Crippen molar-refractivity contribution in [1.29, 1.82) is 0 Å². The van der Waals surface area contributed by atoms with E-state index in [1.807, 2.05) is 6.92 Å². The van der Waals surface area contributed by atoms with Crippen LogP contribution in [-0.2, 0) is 9.47 Å². The van der Waals surface area contributed by atoms with E-state index in [-0.39, 0.29) is 11.3 Å². The molecule has 1 heterocycles. The second-order valence-corrected chi connectivity index (χ2v) is 2.83. The van der Waals surface area contributed by atoms with Crippen LogP contribution < -0.4 is 0 Å². The van der Waals surface area contributed by atoms with Gasteiger partial charge in [0.05, 0.1) is 20.0 Å². The third-order valence-corrected chi connectivity index (χ3v) is 1.78. The number of rotatable bonds is 4. The van der Waals surface area contributed by atoms with Gasteiger partial charge in [-0.25, -0.2) is 9.78 Å². The van der Waals surface area contributed by atoms with Crippen molar-refractivity contribution in [1.82, 2.24) is 4.98 Å². The number of hydrogen-bond acceptors (Lipinski definition) is 4. The standard InChI is InChI=1S/C11H12FNO3/c1-3-16-7-6-8-4-5-9(11(14)15-2)13-10(8)12/h4-7H,3H2,1-2H3/b7-6+. The summed E-state index contributed by atoms with van der Waals surface area (Å²) in [6.45, 7) is 2.32. The van der Waals surface area contributed by atoms with Crippen molar-refractivity contribution in [3.63, 3.8) is 0 Å². The Morgan fingerprint density at radius 2 is 2.31 bits per heavy atom. The lowest BCUT2D eigenvalue weighted by molar-refractivity contribution is 0.0592. The van der Waals surface area contributed by atoms with Gasteiger partial charge in [-0.3, -0.25) is 0 Å². The Balaban J connectivity index is 2.87. The van der Waals surface area contributed by atoms with Crippen molar-refractivity contribution < 1.29 is 18.7 Å². The van der Waals surface area contributed by atoms with Crippen LogP contribution in [0.4, 0.5) is 4.39 Å². The Morgan fingerprint density at radius 1 is 1.56 bits per heavy atom. The third kappa shape index (κ3) is 3.05. The summed E-state index contributed by atoms with van der Waals surface area (Å²) in [6.07, 6.45) is 2.81. The van der Waals surface area contributed by atoms with Crippen LogP contribution in [0, 0.1) is 5.95 Å². The molecule has 0 amide bonds. The number of carbonyl (C=O) groups excluding carboxylic acids is 1. The molecule has 0 aromatic carbocycles. The molecule has 4 nitrogen and oxygen atoms in total. The third-order valence-electron chi connectivity index (χ3n) is 1.78. The number of methoxy groups -OCH3 is 1. The largest absolute Gasteiger partial charge is 0.501 e. The van der Waals surface area contributed by atoms with Gasteiger partial charge in [0.25, 0.3) is 0 Å². The fourth-order valence-electron chi connectivity index (χ4n) is 1.01. The highest BCUT2D eigenvalue weighted by molar-refractivity contribution is 5.87. The SMILES string of the molecule is CCO/C=C/c1ccc(C(=O)OC)nc1F. The first-order valence-corrected chi connectivity index (χ1v) is 4.72. The minimum atomic E-state index is -0.737. The number of halogens is 1. The Kier molecular flexibility index (Phi) is 4.44. The van der Waals surface area contributed by atoms with E-state index in [0.717, 1.165) is 0 Å². The van der Waals surface area contributed by atoms with Crippen molar-refractivity contribution in [3.05, 3.63) is 35.6 Å². The Labute approximate surface area is 92.7 Å². The lowest BCUT2D eigenvalue weighted by Gasteiger charge is -2.00. The Morgan fingerprint density at radius 3 is 2.88 bits per heavy atom. The fraction of sp³-hybridized carbons (Fsp3) is 0.273. The lowest BCUT2D eigenvalue weighted by atomic mass is 10.2. The maximum Gasteiger partial charge on any atom is 0.356 e. The van der Waals surface area contributed by atoms with E-state index in [0.29, 0.717) is 6.61 Å². The zero-order valence-corrected chi connectivity index (χ0v) is 9.07. The quantitative estimate of drug-likeness (QED) is 0.447. The molecule has 0 bridgehead atoms. The normalized spacial score (nSPS) is 10.4. The Bertz CT molecular complexity index is 404. The van der Waals surface area contributed by atoms with Gasteiger partial charge in [-0.05, 0) is 25.1 Å². The van der Waals surface area contributed by atoms with Gasteiger partial charge < -0.3 is 9.47 Å². The summed E-state index contributed by atoms with van der Waals surface area (Å²) < 4.78 is 22.7. The van der Waals surface area contributed by atoms with Crippen LogP contribution >= 0.6 is 0 Å². The van der Waals surface area contributed by atoms with Gasteiger partial charge in [-0.15, -0.1) is 0 Å². The van der Waals surface area contributed by atoms with Gasteiger partial charge in [0, 0.05) is 5.56 Å². The molecular formula is C11H12FNO3. The highest BCUT2D eigenvalue weighted by atomic mass is 19.1. The number of ether oxygens (including phenoxy) is 2. The predicted molar refractivity (Wildman–Crippen MR) is 56.2 cm³/mol. The molecule has 0 radical (unpaired) electrons. The molecule has 1 rings (SSSR count). The molecule has 16 heavy (non-hydrogen) atoms. The molecule has 0 saturated heterocycles. The summed E-state index contributed by atoms with van der Waals surface area (Å²) in [4.78, 5) is 14.5. The topological polar surface area (TPSA) is 48.4 Å². The minimum Gasteiger partial charge on any atom is -0.501 e. The van der Waals surface area contributed by atoms with Crippen molar-refractivity contribution >= 4 is 12.0 Å². The van der Waals surface area contributed by atoms with Crippen LogP contribution in [-0.4, -0.2) is 24.7 Å². The molecule has 1 aromatic heterocycles. The van der Waals surface area contributed by atoms with Crippen molar-refractivity contribution in [2.45, 2.75) is 6.92 Å². The summed E-state index contributed by atoms with van der Waals surface area (Å²) in [5, 5.41) is 0. The molecule has 0 spiro atoms. The van der Waals surface area contributed by atoms with Crippen LogP contribution in [0.3, 0.4) is 0 Å². The average molecular weight is 225 g/mol. The molecule has 0 aliphatic carbocycles. The molecule has 86 valence electrons. The fourth-order valence-corrected chi connectivity index (χ4v) is 1.01. The van der Waals surface area contributed by atoms with E-state index in [1.54, 1.807) is 0 Å². The van der Waals surface area contributed by atoms with Gasteiger partial charge in [-0.1, -0.05) is 0 Å². The summed E-state index contributed by atoms with van der Waals surface area (Å²) >= 11 is 0. The number of carbonyl (C=O) groups is 1. The van der Waals surface area contributed by atoms with Gasteiger partial charge in [0.1, 0.15) is 0 Å². The second kappa shape index (κ2) is 5.85. The van der Waals surface area contributed by atoms with Gasteiger partial charge in [0.15, 0.2) is 5.69 Å². The van der Waals surface area contributed by atoms with Crippen molar-refractivity contribution in [3.8, 4) is 0 Å². The highest BCUT2D eigenvalue weighted by Gasteiger charge is 2.09.